The Hall–Kier alpha value is -2.23. The molecule has 0 saturated carbocycles. The van der Waals surface area contributed by atoms with E-state index in [1.165, 1.54) is 0 Å². The van der Waals surface area contributed by atoms with Crippen LogP contribution in [0, 0.1) is 0 Å². The molecule has 1 aliphatic rings. The van der Waals surface area contributed by atoms with Crippen LogP contribution in [0.2, 0.25) is 0 Å². The summed E-state index contributed by atoms with van der Waals surface area (Å²) in [5.74, 6) is 0.0117. The second-order valence-electron chi connectivity index (χ2n) is 6.24. The lowest BCUT2D eigenvalue weighted by Gasteiger charge is -2.33. The number of hydrogen-bond acceptors (Lipinski definition) is 3. The molecule has 1 N–H and O–H groups in total. The van der Waals surface area contributed by atoms with E-state index in [2.05, 4.69) is 32.2 Å². The number of benzene rings is 1. The first-order chi connectivity index (χ1) is 9.80. The van der Waals surface area contributed by atoms with Crippen LogP contribution in [0.25, 0.3) is 16.5 Å². The standard InChI is InChI=1S/C17H20N2O2/c1-10-9-17(3,4)18-15-14(10)13(19(5)11(2)20)8-12-6-7-21-16(12)15/h6-9,18H,1-5H3. The number of nitrogens with zero attached hydrogens (tertiary/aromatic N) is 1. The summed E-state index contributed by atoms with van der Waals surface area (Å²) >= 11 is 0. The fourth-order valence-electron chi connectivity index (χ4n) is 3.02. The lowest BCUT2D eigenvalue weighted by molar-refractivity contribution is -0.116. The molecule has 0 saturated heterocycles. The van der Waals surface area contributed by atoms with E-state index in [1.54, 1.807) is 25.1 Å². The molecule has 110 valence electrons. The number of carbonyl (C=O) groups is 1. The third-order valence-electron chi connectivity index (χ3n) is 3.97. The first kappa shape index (κ1) is 13.7. The van der Waals surface area contributed by atoms with Gasteiger partial charge in [-0.15, -0.1) is 0 Å². The van der Waals surface area contributed by atoms with Crippen molar-refractivity contribution in [2.45, 2.75) is 33.2 Å². The zero-order valence-electron chi connectivity index (χ0n) is 13.1. The van der Waals surface area contributed by atoms with E-state index in [1.807, 2.05) is 12.1 Å². The Morgan fingerprint density at radius 3 is 2.76 bits per heavy atom. The highest BCUT2D eigenvalue weighted by Crippen LogP contribution is 2.44. The maximum atomic E-state index is 11.8. The van der Waals surface area contributed by atoms with Crippen molar-refractivity contribution in [2.75, 3.05) is 17.3 Å². The number of furan rings is 1. The number of fused-ring (bicyclic) bond motifs is 3. The normalized spacial score (nSPS) is 16.1. The Morgan fingerprint density at radius 1 is 1.38 bits per heavy atom. The minimum atomic E-state index is -0.149. The summed E-state index contributed by atoms with van der Waals surface area (Å²) in [5.41, 5.74) is 4.74. The summed E-state index contributed by atoms with van der Waals surface area (Å²) < 4.78 is 5.66. The van der Waals surface area contributed by atoms with Crippen molar-refractivity contribution >= 4 is 33.8 Å². The molecule has 0 atom stereocenters. The average Bonchev–Trinajstić information content (AvgIpc) is 2.83. The van der Waals surface area contributed by atoms with Gasteiger partial charge in [0.25, 0.3) is 0 Å². The predicted octanol–water partition coefficient (Wildman–Crippen LogP) is 4.02. The van der Waals surface area contributed by atoms with Gasteiger partial charge >= 0.3 is 0 Å². The van der Waals surface area contributed by atoms with Crippen molar-refractivity contribution in [2.24, 2.45) is 0 Å². The van der Waals surface area contributed by atoms with Crippen LogP contribution in [0.15, 0.2) is 28.9 Å². The van der Waals surface area contributed by atoms with Gasteiger partial charge in [0, 0.05) is 24.9 Å². The number of hydrogen-bond donors (Lipinski definition) is 1. The van der Waals surface area contributed by atoms with Gasteiger partial charge in [-0.3, -0.25) is 4.79 Å². The molecule has 0 spiro atoms. The molecule has 2 aromatic rings. The zero-order valence-corrected chi connectivity index (χ0v) is 13.1. The summed E-state index contributed by atoms with van der Waals surface area (Å²) in [6, 6.07) is 3.94. The topological polar surface area (TPSA) is 45.5 Å². The molecule has 1 aromatic heterocycles. The average molecular weight is 284 g/mol. The van der Waals surface area contributed by atoms with E-state index >= 15 is 0 Å². The number of anilines is 2. The maximum absolute atomic E-state index is 11.8. The highest BCUT2D eigenvalue weighted by molar-refractivity contribution is 6.06. The van der Waals surface area contributed by atoms with Gasteiger partial charge in [-0.25, -0.2) is 0 Å². The zero-order chi connectivity index (χ0) is 15.4. The Balaban J connectivity index is 2.36. The monoisotopic (exact) mass is 284 g/mol. The number of carbonyl (C=O) groups excluding carboxylic acids is 1. The summed E-state index contributed by atoms with van der Waals surface area (Å²) in [7, 11) is 1.80. The number of nitrogens with one attached hydrogen (secondary N) is 1. The van der Waals surface area contributed by atoms with Crippen molar-refractivity contribution in [3.05, 3.63) is 30.0 Å². The van der Waals surface area contributed by atoms with E-state index in [-0.39, 0.29) is 11.4 Å². The van der Waals surface area contributed by atoms with Gasteiger partial charge in [0.1, 0.15) is 0 Å². The van der Waals surface area contributed by atoms with Crippen molar-refractivity contribution in [1.29, 1.82) is 0 Å². The van der Waals surface area contributed by atoms with Crippen molar-refractivity contribution in [3.63, 3.8) is 0 Å². The van der Waals surface area contributed by atoms with Crippen LogP contribution in [0.1, 0.15) is 33.3 Å². The molecule has 1 aromatic carbocycles. The molecule has 0 radical (unpaired) electrons. The predicted molar refractivity (Wildman–Crippen MR) is 86.7 cm³/mol. The Bertz CT molecular complexity index is 768. The Kier molecular flexibility index (Phi) is 2.87. The minimum Gasteiger partial charge on any atom is -0.462 e. The van der Waals surface area contributed by atoms with Gasteiger partial charge in [-0.05, 0) is 38.5 Å². The number of allylic oxidation sites excluding steroid dienone is 1. The van der Waals surface area contributed by atoms with Crippen molar-refractivity contribution in [3.8, 4) is 0 Å². The van der Waals surface area contributed by atoms with Crippen LogP contribution in [0.5, 0.6) is 0 Å². The number of amides is 1. The summed E-state index contributed by atoms with van der Waals surface area (Å²) in [4.78, 5) is 13.5. The first-order valence-electron chi connectivity index (χ1n) is 7.07. The molecule has 1 aliphatic heterocycles. The molecular formula is C17H20N2O2. The molecule has 0 aliphatic carbocycles. The van der Waals surface area contributed by atoms with E-state index in [0.29, 0.717) is 0 Å². The lowest BCUT2D eigenvalue weighted by Crippen LogP contribution is -2.33. The van der Waals surface area contributed by atoms with E-state index in [4.69, 9.17) is 4.42 Å². The van der Waals surface area contributed by atoms with Crippen molar-refractivity contribution < 1.29 is 9.21 Å². The van der Waals surface area contributed by atoms with Crippen LogP contribution in [0.4, 0.5) is 11.4 Å². The third kappa shape index (κ3) is 2.11. The largest absolute Gasteiger partial charge is 0.462 e. The Morgan fingerprint density at radius 2 is 2.10 bits per heavy atom. The molecule has 0 fully saturated rings. The van der Waals surface area contributed by atoms with Gasteiger partial charge in [-0.1, -0.05) is 6.08 Å². The van der Waals surface area contributed by atoms with Gasteiger partial charge in [-0.2, -0.15) is 0 Å². The van der Waals surface area contributed by atoms with E-state index in [9.17, 15) is 4.79 Å². The summed E-state index contributed by atoms with van der Waals surface area (Å²) in [5, 5.41) is 4.52. The van der Waals surface area contributed by atoms with Gasteiger partial charge in [0.15, 0.2) is 5.58 Å². The third-order valence-corrected chi connectivity index (χ3v) is 3.97. The molecule has 3 rings (SSSR count). The summed E-state index contributed by atoms with van der Waals surface area (Å²) in [6.07, 6.45) is 3.87. The van der Waals surface area contributed by atoms with Crippen LogP contribution in [0.3, 0.4) is 0 Å². The highest BCUT2D eigenvalue weighted by Gasteiger charge is 2.29. The molecule has 0 unspecified atom stereocenters. The molecule has 4 heteroatoms. The second kappa shape index (κ2) is 4.38. The fraction of sp³-hybridized carbons (Fsp3) is 0.353. The van der Waals surface area contributed by atoms with Gasteiger partial charge in [0.2, 0.25) is 5.91 Å². The molecule has 21 heavy (non-hydrogen) atoms. The lowest BCUT2D eigenvalue weighted by atomic mass is 9.89. The molecular weight excluding hydrogens is 264 g/mol. The molecule has 4 nitrogen and oxygen atoms in total. The van der Waals surface area contributed by atoms with Crippen LogP contribution < -0.4 is 10.2 Å². The second-order valence-corrected chi connectivity index (χ2v) is 6.24. The van der Waals surface area contributed by atoms with Crippen LogP contribution >= 0.6 is 0 Å². The van der Waals surface area contributed by atoms with Gasteiger partial charge in [0.05, 0.1) is 23.2 Å². The van der Waals surface area contributed by atoms with Gasteiger partial charge < -0.3 is 14.6 Å². The smallest absolute Gasteiger partial charge is 0.223 e. The number of rotatable bonds is 1. The molecule has 2 heterocycles. The maximum Gasteiger partial charge on any atom is 0.223 e. The quantitative estimate of drug-likeness (QED) is 0.860. The van der Waals surface area contributed by atoms with E-state index < -0.39 is 0 Å². The SMILES string of the molecule is CC(=O)N(C)c1cc2ccoc2c2c1C(C)=CC(C)(C)N2. The van der Waals surface area contributed by atoms with E-state index in [0.717, 1.165) is 33.5 Å². The molecule has 1 amide bonds. The van der Waals surface area contributed by atoms with Crippen LogP contribution in [-0.4, -0.2) is 18.5 Å². The highest BCUT2D eigenvalue weighted by atomic mass is 16.3. The van der Waals surface area contributed by atoms with Crippen molar-refractivity contribution in [1.82, 2.24) is 0 Å². The Labute approximate surface area is 124 Å². The first-order valence-corrected chi connectivity index (χ1v) is 7.07. The minimum absolute atomic E-state index is 0.0117. The molecule has 0 bridgehead atoms. The fourth-order valence-corrected chi connectivity index (χ4v) is 3.02. The summed E-state index contributed by atoms with van der Waals surface area (Å²) in [6.45, 7) is 7.89. The van der Waals surface area contributed by atoms with Crippen LogP contribution in [-0.2, 0) is 4.79 Å².